The SMILES string of the molecule is COCCNC(=O)c1cc2nccc(-c3cnn(C)c3C)n2n1. The van der Waals surface area contributed by atoms with E-state index in [0.29, 0.717) is 24.5 Å². The number of carbonyl (C=O) groups is 1. The number of fused-ring (bicyclic) bond motifs is 1. The summed E-state index contributed by atoms with van der Waals surface area (Å²) in [6, 6.07) is 3.52. The number of aryl methyl sites for hydroxylation is 1. The van der Waals surface area contributed by atoms with Gasteiger partial charge in [0.2, 0.25) is 0 Å². The molecule has 0 saturated carbocycles. The number of ether oxygens (including phenoxy) is 1. The molecule has 0 fully saturated rings. The van der Waals surface area contributed by atoms with Gasteiger partial charge in [0.1, 0.15) is 0 Å². The van der Waals surface area contributed by atoms with E-state index in [0.717, 1.165) is 17.0 Å². The van der Waals surface area contributed by atoms with Crippen LogP contribution in [-0.2, 0) is 11.8 Å². The number of rotatable bonds is 5. The van der Waals surface area contributed by atoms with Crippen molar-refractivity contribution < 1.29 is 9.53 Å². The van der Waals surface area contributed by atoms with Gasteiger partial charge in [-0.05, 0) is 13.0 Å². The minimum absolute atomic E-state index is 0.249. The Morgan fingerprint density at radius 1 is 1.43 bits per heavy atom. The standard InChI is InChI=1S/C15H18N6O2/c1-10-11(9-18-20(10)2)13-4-5-16-14-8-12(19-21(13)14)15(22)17-6-7-23-3/h4-5,8-9H,6-7H2,1-3H3,(H,17,22). The van der Waals surface area contributed by atoms with Crippen LogP contribution in [0, 0.1) is 6.92 Å². The number of carbonyl (C=O) groups excluding carboxylic acids is 1. The number of nitrogens with zero attached hydrogens (tertiary/aromatic N) is 5. The molecule has 1 N–H and O–H groups in total. The Labute approximate surface area is 133 Å². The zero-order valence-corrected chi connectivity index (χ0v) is 13.3. The number of amides is 1. The summed E-state index contributed by atoms with van der Waals surface area (Å²) in [5, 5.41) is 11.4. The Morgan fingerprint density at radius 3 is 2.96 bits per heavy atom. The first-order chi connectivity index (χ1) is 11.1. The van der Waals surface area contributed by atoms with Crippen molar-refractivity contribution in [3.05, 3.63) is 35.9 Å². The molecule has 3 aromatic heterocycles. The van der Waals surface area contributed by atoms with Gasteiger partial charge in [0, 0.05) is 44.2 Å². The average molecular weight is 314 g/mol. The smallest absolute Gasteiger partial charge is 0.271 e. The maximum Gasteiger partial charge on any atom is 0.271 e. The summed E-state index contributed by atoms with van der Waals surface area (Å²) in [7, 11) is 3.47. The van der Waals surface area contributed by atoms with Crippen LogP contribution in [0.5, 0.6) is 0 Å². The fourth-order valence-electron chi connectivity index (χ4n) is 2.32. The first kappa shape index (κ1) is 15.2. The Bertz CT molecular complexity index is 851. The number of hydrogen-bond acceptors (Lipinski definition) is 5. The normalized spacial score (nSPS) is 11.1. The predicted octanol–water partition coefficient (Wildman–Crippen LogP) is 0.814. The molecule has 0 spiro atoms. The molecule has 0 radical (unpaired) electrons. The zero-order chi connectivity index (χ0) is 16.4. The third-order valence-corrected chi connectivity index (χ3v) is 3.69. The van der Waals surface area contributed by atoms with Gasteiger partial charge in [-0.25, -0.2) is 9.50 Å². The van der Waals surface area contributed by atoms with Gasteiger partial charge in [0.15, 0.2) is 11.3 Å². The first-order valence-electron chi connectivity index (χ1n) is 7.22. The lowest BCUT2D eigenvalue weighted by Crippen LogP contribution is -2.27. The predicted molar refractivity (Wildman–Crippen MR) is 84.1 cm³/mol. The second-order valence-corrected chi connectivity index (χ2v) is 5.15. The second-order valence-electron chi connectivity index (χ2n) is 5.15. The topological polar surface area (TPSA) is 86.3 Å². The highest BCUT2D eigenvalue weighted by atomic mass is 16.5. The van der Waals surface area contributed by atoms with Crippen molar-refractivity contribution in [2.45, 2.75) is 6.92 Å². The number of hydrogen-bond donors (Lipinski definition) is 1. The Balaban J connectivity index is 1.99. The van der Waals surface area contributed by atoms with Gasteiger partial charge < -0.3 is 10.1 Å². The van der Waals surface area contributed by atoms with Gasteiger partial charge >= 0.3 is 0 Å². The van der Waals surface area contributed by atoms with Crippen molar-refractivity contribution >= 4 is 11.6 Å². The molecule has 0 bridgehead atoms. The van der Waals surface area contributed by atoms with Crippen molar-refractivity contribution in [1.29, 1.82) is 0 Å². The molecule has 23 heavy (non-hydrogen) atoms. The summed E-state index contributed by atoms with van der Waals surface area (Å²) < 4.78 is 8.37. The van der Waals surface area contributed by atoms with Crippen molar-refractivity contribution in [2.24, 2.45) is 7.05 Å². The molecule has 0 aliphatic carbocycles. The maximum absolute atomic E-state index is 12.1. The molecule has 0 unspecified atom stereocenters. The molecular weight excluding hydrogens is 296 g/mol. The highest BCUT2D eigenvalue weighted by Crippen LogP contribution is 2.22. The lowest BCUT2D eigenvalue weighted by Gasteiger charge is -2.04. The minimum Gasteiger partial charge on any atom is -0.383 e. The molecule has 0 saturated heterocycles. The summed E-state index contributed by atoms with van der Waals surface area (Å²) in [6.45, 7) is 2.87. The molecule has 0 aliphatic heterocycles. The van der Waals surface area contributed by atoms with Gasteiger partial charge in [-0.3, -0.25) is 9.48 Å². The van der Waals surface area contributed by atoms with Crippen molar-refractivity contribution in [3.63, 3.8) is 0 Å². The Morgan fingerprint density at radius 2 is 2.26 bits per heavy atom. The van der Waals surface area contributed by atoms with E-state index in [4.69, 9.17) is 4.74 Å². The molecule has 3 heterocycles. The van der Waals surface area contributed by atoms with Crippen LogP contribution in [0.1, 0.15) is 16.2 Å². The second kappa shape index (κ2) is 6.17. The molecule has 3 aromatic rings. The van der Waals surface area contributed by atoms with Crippen molar-refractivity contribution in [3.8, 4) is 11.3 Å². The van der Waals surface area contributed by atoms with Crippen LogP contribution in [0.15, 0.2) is 24.5 Å². The quantitative estimate of drug-likeness (QED) is 0.704. The minimum atomic E-state index is -0.249. The molecule has 1 amide bonds. The summed E-state index contributed by atoms with van der Waals surface area (Å²) in [5.41, 5.74) is 3.75. The largest absolute Gasteiger partial charge is 0.383 e. The fraction of sp³-hybridized carbons (Fsp3) is 0.333. The van der Waals surface area contributed by atoms with Crippen LogP contribution in [0.3, 0.4) is 0 Å². The summed E-state index contributed by atoms with van der Waals surface area (Å²) in [6.07, 6.45) is 3.48. The van der Waals surface area contributed by atoms with Gasteiger partial charge in [-0.1, -0.05) is 0 Å². The highest BCUT2D eigenvalue weighted by molar-refractivity contribution is 5.93. The summed E-state index contributed by atoms with van der Waals surface area (Å²) >= 11 is 0. The molecule has 8 heteroatoms. The van der Waals surface area contributed by atoms with E-state index in [-0.39, 0.29) is 5.91 Å². The van der Waals surface area contributed by atoms with E-state index < -0.39 is 0 Å². The molecule has 3 rings (SSSR count). The van der Waals surface area contributed by atoms with Gasteiger partial charge in [0.25, 0.3) is 5.91 Å². The van der Waals surface area contributed by atoms with Crippen LogP contribution in [0.2, 0.25) is 0 Å². The van der Waals surface area contributed by atoms with Gasteiger partial charge in [0.05, 0.1) is 18.5 Å². The average Bonchev–Trinajstić information content (AvgIpc) is 3.12. The summed E-state index contributed by atoms with van der Waals surface area (Å²) in [5.74, 6) is -0.249. The fourth-order valence-corrected chi connectivity index (χ4v) is 2.32. The molecule has 0 aliphatic rings. The highest BCUT2D eigenvalue weighted by Gasteiger charge is 2.15. The molecule has 0 aromatic carbocycles. The van der Waals surface area contributed by atoms with Crippen LogP contribution < -0.4 is 5.32 Å². The maximum atomic E-state index is 12.1. The van der Waals surface area contributed by atoms with E-state index in [1.54, 1.807) is 34.8 Å². The van der Waals surface area contributed by atoms with Crippen LogP contribution in [0.25, 0.3) is 16.9 Å². The summed E-state index contributed by atoms with van der Waals surface area (Å²) in [4.78, 5) is 16.4. The Hall–Kier alpha value is -2.74. The van der Waals surface area contributed by atoms with Crippen LogP contribution in [0.4, 0.5) is 0 Å². The molecule has 8 nitrogen and oxygen atoms in total. The molecule has 0 atom stereocenters. The van der Waals surface area contributed by atoms with Crippen molar-refractivity contribution in [1.82, 2.24) is 29.7 Å². The molecule has 120 valence electrons. The van der Waals surface area contributed by atoms with E-state index in [9.17, 15) is 4.79 Å². The van der Waals surface area contributed by atoms with E-state index >= 15 is 0 Å². The molecular formula is C15H18N6O2. The van der Waals surface area contributed by atoms with Crippen molar-refractivity contribution in [2.75, 3.05) is 20.3 Å². The first-order valence-corrected chi connectivity index (χ1v) is 7.22. The van der Waals surface area contributed by atoms with Crippen LogP contribution >= 0.6 is 0 Å². The third kappa shape index (κ3) is 2.80. The van der Waals surface area contributed by atoms with Crippen LogP contribution in [-0.4, -0.2) is 50.5 Å². The number of methoxy groups -OCH3 is 1. The number of aromatic nitrogens is 5. The zero-order valence-electron chi connectivity index (χ0n) is 13.3. The van der Waals surface area contributed by atoms with Gasteiger partial charge in [-0.2, -0.15) is 10.2 Å². The van der Waals surface area contributed by atoms with Gasteiger partial charge in [-0.15, -0.1) is 0 Å². The number of nitrogens with one attached hydrogen (secondary N) is 1. The van der Waals surface area contributed by atoms with E-state index in [2.05, 4.69) is 20.5 Å². The van der Waals surface area contributed by atoms with E-state index in [1.807, 2.05) is 20.0 Å². The lowest BCUT2D eigenvalue weighted by atomic mass is 10.2. The monoisotopic (exact) mass is 314 g/mol. The Kier molecular flexibility index (Phi) is 4.07. The third-order valence-electron chi connectivity index (χ3n) is 3.69. The lowest BCUT2D eigenvalue weighted by molar-refractivity contribution is 0.0932. The van der Waals surface area contributed by atoms with E-state index in [1.165, 1.54) is 0 Å².